The van der Waals surface area contributed by atoms with E-state index in [0.29, 0.717) is 0 Å². The predicted octanol–water partition coefficient (Wildman–Crippen LogP) is 0.627. The van der Waals surface area contributed by atoms with Crippen LogP contribution in [0.4, 0.5) is 5.82 Å². The third-order valence-electron chi connectivity index (χ3n) is 1.09. The Kier molecular flexibility index (Phi) is 2.29. The number of rotatable bonds is 2. The Hall–Kier alpha value is -1.56. The summed E-state index contributed by atoms with van der Waals surface area (Å²) >= 11 is 5.33. The van der Waals surface area contributed by atoms with Gasteiger partial charge >= 0.3 is 0 Å². The highest BCUT2D eigenvalue weighted by Crippen LogP contribution is 2.15. The molecular weight excluding hydrogens is 184 g/mol. The van der Waals surface area contributed by atoms with Crippen molar-refractivity contribution in [2.45, 2.75) is 0 Å². The summed E-state index contributed by atoms with van der Waals surface area (Å²) in [5.74, 6) is -1.16. The first-order valence-corrected chi connectivity index (χ1v) is 3.18. The zero-order chi connectivity index (χ0) is 9.14. The van der Waals surface area contributed by atoms with E-state index in [9.17, 15) is 9.70 Å². The van der Waals surface area contributed by atoms with E-state index in [1.165, 1.54) is 0 Å². The van der Waals surface area contributed by atoms with Crippen LogP contribution in [0.15, 0.2) is 11.4 Å². The molecule has 0 fully saturated rings. The van der Waals surface area contributed by atoms with E-state index >= 15 is 0 Å². The Morgan fingerprint density at radius 2 is 2.33 bits per heavy atom. The fraction of sp³-hybridized carbons (Fsp3) is 0. The van der Waals surface area contributed by atoms with Crippen LogP contribution in [-0.4, -0.2) is 15.9 Å². The van der Waals surface area contributed by atoms with Crippen molar-refractivity contribution in [1.82, 2.24) is 9.97 Å². The number of carbonyl (C=O) groups is 1. The molecule has 0 atom stereocenters. The van der Waals surface area contributed by atoms with Crippen molar-refractivity contribution in [2.75, 3.05) is 0 Å². The zero-order valence-electron chi connectivity index (χ0n) is 5.69. The minimum atomic E-state index is -0.818. The van der Waals surface area contributed by atoms with Crippen LogP contribution in [0, 0.1) is 4.91 Å². The highest BCUT2D eigenvalue weighted by atomic mass is 35.5. The average Bonchev–Trinajstić information content (AvgIpc) is 2.03. The van der Waals surface area contributed by atoms with Crippen molar-refractivity contribution < 1.29 is 4.79 Å². The normalized spacial score (nSPS) is 9.42. The topological polar surface area (TPSA) is 98.3 Å². The first kappa shape index (κ1) is 8.54. The Labute approximate surface area is 71.7 Å². The molecule has 1 amide bonds. The molecule has 0 radical (unpaired) electrons. The lowest BCUT2D eigenvalue weighted by Crippen LogP contribution is -2.12. The van der Waals surface area contributed by atoms with Crippen molar-refractivity contribution >= 4 is 23.3 Å². The second kappa shape index (κ2) is 3.22. The molecule has 12 heavy (non-hydrogen) atoms. The van der Waals surface area contributed by atoms with E-state index < -0.39 is 5.91 Å². The minimum absolute atomic E-state index is 0.144. The van der Waals surface area contributed by atoms with Gasteiger partial charge in [-0.3, -0.25) is 4.79 Å². The summed E-state index contributed by atoms with van der Waals surface area (Å²) in [5.41, 5.74) is 4.74. The van der Waals surface area contributed by atoms with Gasteiger partial charge in [0.25, 0.3) is 5.91 Å². The van der Waals surface area contributed by atoms with Gasteiger partial charge in [-0.1, -0.05) is 0 Å². The molecule has 0 aliphatic carbocycles. The number of amides is 1. The second-order valence-corrected chi connectivity index (χ2v) is 2.17. The van der Waals surface area contributed by atoms with Crippen molar-refractivity contribution in [3.8, 4) is 0 Å². The van der Waals surface area contributed by atoms with Gasteiger partial charge in [-0.25, -0.2) is 4.98 Å². The summed E-state index contributed by atoms with van der Waals surface area (Å²) < 4.78 is 0. The standard InChI is InChI=1S/C5H3ClN4O2/c6-5-8-1-2(3(7)11)4(9-5)10-12/h1H,(H2,7,11). The highest BCUT2D eigenvalue weighted by molar-refractivity contribution is 6.28. The second-order valence-electron chi connectivity index (χ2n) is 1.83. The van der Waals surface area contributed by atoms with Gasteiger partial charge < -0.3 is 5.73 Å². The summed E-state index contributed by atoms with van der Waals surface area (Å²) in [6, 6.07) is 0. The van der Waals surface area contributed by atoms with E-state index in [0.717, 1.165) is 6.20 Å². The SMILES string of the molecule is NC(=O)c1cnc(Cl)nc1N=O. The number of nitrogens with zero attached hydrogens (tertiary/aromatic N) is 3. The smallest absolute Gasteiger partial charge is 0.254 e. The molecule has 0 aliphatic rings. The molecule has 0 aromatic carbocycles. The van der Waals surface area contributed by atoms with Gasteiger partial charge in [-0.15, -0.1) is 4.91 Å². The summed E-state index contributed by atoms with van der Waals surface area (Å²) in [6.07, 6.45) is 1.05. The van der Waals surface area contributed by atoms with Crippen LogP contribution in [0.2, 0.25) is 5.28 Å². The number of primary amides is 1. The summed E-state index contributed by atoms with van der Waals surface area (Å²) in [6.45, 7) is 0. The fourth-order valence-corrected chi connectivity index (χ4v) is 0.724. The molecule has 0 unspecified atom stereocenters. The number of hydrogen-bond donors (Lipinski definition) is 1. The van der Waals surface area contributed by atoms with E-state index in [2.05, 4.69) is 15.1 Å². The minimum Gasteiger partial charge on any atom is -0.365 e. The maximum atomic E-state index is 10.6. The van der Waals surface area contributed by atoms with Gasteiger partial charge in [0.15, 0.2) is 0 Å². The van der Waals surface area contributed by atoms with Crippen molar-refractivity contribution in [2.24, 2.45) is 10.9 Å². The molecule has 0 saturated carbocycles. The number of halogens is 1. The van der Waals surface area contributed by atoms with Gasteiger partial charge in [-0.2, -0.15) is 4.98 Å². The molecule has 7 heteroatoms. The van der Waals surface area contributed by atoms with Crippen LogP contribution >= 0.6 is 11.6 Å². The molecule has 0 aliphatic heterocycles. The lowest BCUT2D eigenvalue weighted by Gasteiger charge is -1.95. The third-order valence-corrected chi connectivity index (χ3v) is 1.27. The van der Waals surface area contributed by atoms with Crippen molar-refractivity contribution in [3.63, 3.8) is 0 Å². The Morgan fingerprint density at radius 3 is 2.83 bits per heavy atom. The quantitative estimate of drug-likeness (QED) is 0.541. The molecule has 1 heterocycles. The van der Waals surface area contributed by atoms with E-state index in [-0.39, 0.29) is 16.7 Å². The van der Waals surface area contributed by atoms with E-state index in [1.54, 1.807) is 0 Å². The molecule has 1 rings (SSSR count). The largest absolute Gasteiger partial charge is 0.365 e. The molecule has 1 aromatic rings. The molecule has 0 spiro atoms. The number of nitroso groups, excluding NO2 is 1. The molecule has 0 saturated heterocycles. The molecule has 1 aromatic heterocycles. The molecule has 2 N–H and O–H groups in total. The van der Waals surface area contributed by atoms with Crippen LogP contribution in [-0.2, 0) is 0 Å². The van der Waals surface area contributed by atoms with Crippen molar-refractivity contribution in [1.29, 1.82) is 0 Å². The summed E-state index contributed by atoms with van der Waals surface area (Å²) in [5, 5.41) is 2.31. The van der Waals surface area contributed by atoms with Crippen LogP contribution in [0.5, 0.6) is 0 Å². The van der Waals surface area contributed by atoms with Crippen LogP contribution in [0.1, 0.15) is 10.4 Å². The third kappa shape index (κ3) is 1.54. The zero-order valence-corrected chi connectivity index (χ0v) is 6.45. The molecule has 0 bridgehead atoms. The Balaban J connectivity index is 3.29. The Bertz CT molecular complexity index is 340. The van der Waals surface area contributed by atoms with Crippen LogP contribution in [0.25, 0.3) is 0 Å². The Morgan fingerprint density at radius 1 is 1.67 bits per heavy atom. The first-order valence-electron chi connectivity index (χ1n) is 2.81. The monoisotopic (exact) mass is 186 g/mol. The number of aromatic nitrogens is 2. The first-order chi connectivity index (χ1) is 5.65. The van der Waals surface area contributed by atoms with E-state index in [1.807, 2.05) is 0 Å². The van der Waals surface area contributed by atoms with Gasteiger partial charge in [0.2, 0.25) is 11.1 Å². The predicted molar refractivity (Wildman–Crippen MR) is 41.0 cm³/mol. The highest BCUT2D eigenvalue weighted by Gasteiger charge is 2.11. The van der Waals surface area contributed by atoms with Crippen molar-refractivity contribution in [3.05, 3.63) is 22.0 Å². The lowest BCUT2D eigenvalue weighted by atomic mass is 10.3. The van der Waals surface area contributed by atoms with Crippen LogP contribution < -0.4 is 5.73 Å². The lowest BCUT2D eigenvalue weighted by molar-refractivity contribution is 0.100. The number of hydrogen-bond acceptors (Lipinski definition) is 5. The van der Waals surface area contributed by atoms with Crippen LogP contribution in [0.3, 0.4) is 0 Å². The molecular formula is C5H3ClN4O2. The number of nitrogens with two attached hydrogens (primary N) is 1. The summed E-state index contributed by atoms with van der Waals surface area (Å²) in [7, 11) is 0. The van der Waals surface area contributed by atoms with E-state index in [4.69, 9.17) is 17.3 Å². The molecule has 6 nitrogen and oxygen atoms in total. The maximum Gasteiger partial charge on any atom is 0.254 e. The fourth-order valence-electron chi connectivity index (χ4n) is 0.595. The van der Waals surface area contributed by atoms with Gasteiger partial charge in [0.1, 0.15) is 5.56 Å². The van der Waals surface area contributed by atoms with Gasteiger partial charge in [0, 0.05) is 6.20 Å². The maximum absolute atomic E-state index is 10.6. The summed E-state index contributed by atoms with van der Waals surface area (Å²) in [4.78, 5) is 27.5. The van der Waals surface area contributed by atoms with Gasteiger partial charge in [-0.05, 0) is 16.8 Å². The van der Waals surface area contributed by atoms with Gasteiger partial charge in [0.05, 0.1) is 0 Å². The number of carbonyl (C=O) groups excluding carboxylic acids is 1. The average molecular weight is 187 g/mol. The molecule has 62 valence electrons.